The molecule has 0 radical (unpaired) electrons. The maximum absolute atomic E-state index is 14.1. The summed E-state index contributed by atoms with van der Waals surface area (Å²) in [5.74, 6) is -2.60. The third-order valence-corrected chi connectivity index (χ3v) is 5.20. The molecule has 0 saturated carbocycles. The summed E-state index contributed by atoms with van der Waals surface area (Å²) >= 11 is 0. The zero-order chi connectivity index (χ0) is 21.3. The Balaban J connectivity index is 1.55. The quantitative estimate of drug-likeness (QED) is 0.670. The highest BCUT2D eigenvalue weighted by atomic mass is 19.1. The molecule has 1 aliphatic heterocycles. The number of methoxy groups -OCH3 is 1. The van der Waals surface area contributed by atoms with Crippen LogP contribution in [-0.2, 0) is 14.3 Å². The number of nitrogens with one attached hydrogen (secondary N) is 1. The van der Waals surface area contributed by atoms with E-state index < -0.39 is 23.6 Å². The molecule has 1 aliphatic rings. The van der Waals surface area contributed by atoms with Gasteiger partial charge < -0.3 is 15.0 Å². The molecule has 4 rings (SSSR count). The molecule has 3 aromatic carbocycles. The van der Waals surface area contributed by atoms with Gasteiger partial charge in [0.1, 0.15) is 5.82 Å². The summed E-state index contributed by atoms with van der Waals surface area (Å²) in [6.45, 7) is 0.191. The van der Waals surface area contributed by atoms with Crippen LogP contribution < -0.4 is 10.2 Å². The molecule has 30 heavy (non-hydrogen) atoms. The largest absolute Gasteiger partial charge is 0.465 e. The Labute approximate surface area is 172 Å². The number of hydrogen-bond acceptors (Lipinski definition) is 4. The highest BCUT2D eigenvalue weighted by Crippen LogP contribution is 2.32. The van der Waals surface area contributed by atoms with Crippen molar-refractivity contribution in [2.75, 3.05) is 23.9 Å². The lowest BCUT2D eigenvalue weighted by Gasteiger charge is -2.19. The topological polar surface area (TPSA) is 75.7 Å². The Bertz CT molecular complexity index is 1160. The van der Waals surface area contributed by atoms with Crippen molar-refractivity contribution in [2.24, 2.45) is 5.92 Å². The number of hydrogen-bond donors (Lipinski definition) is 1. The number of anilines is 2. The van der Waals surface area contributed by atoms with Gasteiger partial charge in [0.15, 0.2) is 0 Å². The van der Waals surface area contributed by atoms with Crippen LogP contribution in [0, 0.1) is 11.7 Å². The normalized spacial score (nSPS) is 16.0. The first-order chi connectivity index (χ1) is 14.5. The van der Waals surface area contributed by atoms with Crippen molar-refractivity contribution in [3.63, 3.8) is 0 Å². The molecule has 1 unspecified atom stereocenters. The number of nitrogens with zero attached hydrogens (tertiary/aromatic N) is 1. The number of halogens is 1. The van der Waals surface area contributed by atoms with Crippen molar-refractivity contribution >= 4 is 39.9 Å². The number of amides is 2. The lowest BCUT2D eigenvalue weighted by molar-refractivity contribution is -0.122. The van der Waals surface area contributed by atoms with Crippen molar-refractivity contribution in [3.8, 4) is 0 Å². The Morgan fingerprint density at radius 3 is 2.67 bits per heavy atom. The van der Waals surface area contributed by atoms with E-state index in [4.69, 9.17) is 0 Å². The molecule has 0 bridgehead atoms. The van der Waals surface area contributed by atoms with Gasteiger partial charge in [-0.15, -0.1) is 0 Å². The number of ether oxygens (including phenoxy) is 1. The second kappa shape index (κ2) is 7.94. The number of carbonyl (C=O) groups excluding carboxylic acids is 3. The summed E-state index contributed by atoms with van der Waals surface area (Å²) in [6, 6.07) is 17.0. The molecule has 1 heterocycles. The van der Waals surface area contributed by atoms with Crippen molar-refractivity contribution < 1.29 is 23.5 Å². The third-order valence-electron chi connectivity index (χ3n) is 5.20. The minimum Gasteiger partial charge on any atom is -0.465 e. The summed E-state index contributed by atoms with van der Waals surface area (Å²) < 4.78 is 18.8. The second-order valence-corrected chi connectivity index (χ2v) is 7.08. The van der Waals surface area contributed by atoms with Crippen LogP contribution in [0.25, 0.3) is 10.8 Å². The fraction of sp³-hybridized carbons (Fsp3) is 0.174. The first-order valence-corrected chi connectivity index (χ1v) is 9.45. The molecule has 1 saturated heterocycles. The van der Waals surface area contributed by atoms with Gasteiger partial charge in [0.05, 0.1) is 30.0 Å². The molecule has 0 aliphatic carbocycles. The van der Waals surface area contributed by atoms with E-state index in [2.05, 4.69) is 10.1 Å². The maximum atomic E-state index is 14.1. The van der Waals surface area contributed by atoms with Crippen molar-refractivity contribution in [1.82, 2.24) is 0 Å². The number of esters is 1. The predicted octanol–water partition coefficient (Wildman–Crippen LogP) is 3.76. The van der Waals surface area contributed by atoms with Crippen LogP contribution >= 0.6 is 0 Å². The number of rotatable bonds is 4. The molecule has 1 fully saturated rings. The molecule has 152 valence electrons. The van der Waals surface area contributed by atoms with Gasteiger partial charge in [0.25, 0.3) is 0 Å². The molecular weight excluding hydrogens is 387 g/mol. The Kier molecular flexibility index (Phi) is 5.18. The Morgan fingerprint density at radius 1 is 1.10 bits per heavy atom. The molecule has 0 spiro atoms. The maximum Gasteiger partial charge on any atom is 0.337 e. The Hall–Kier alpha value is -3.74. The van der Waals surface area contributed by atoms with E-state index in [9.17, 15) is 18.8 Å². The molecule has 7 heteroatoms. The molecule has 3 aromatic rings. The molecular formula is C23H19FN2O4. The average Bonchev–Trinajstić information content (AvgIpc) is 3.15. The van der Waals surface area contributed by atoms with Crippen LogP contribution in [-0.4, -0.2) is 31.4 Å². The molecule has 6 nitrogen and oxygen atoms in total. The van der Waals surface area contributed by atoms with Crippen LogP contribution in [0.4, 0.5) is 15.8 Å². The minimum atomic E-state index is -0.675. The zero-order valence-corrected chi connectivity index (χ0v) is 16.2. The van der Waals surface area contributed by atoms with Gasteiger partial charge in [-0.2, -0.15) is 0 Å². The van der Waals surface area contributed by atoms with E-state index >= 15 is 0 Å². The summed E-state index contributed by atoms with van der Waals surface area (Å²) in [5.41, 5.74) is 0.736. The van der Waals surface area contributed by atoms with E-state index in [1.807, 2.05) is 42.5 Å². The predicted molar refractivity (Wildman–Crippen MR) is 111 cm³/mol. The van der Waals surface area contributed by atoms with Crippen LogP contribution in [0.5, 0.6) is 0 Å². The SMILES string of the molecule is COC(=O)c1ccc(F)c(NC(=O)C2CC(=O)N(c3cccc4ccccc34)C2)c1. The average molecular weight is 406 g/mol. The van der Waals surface area contributed by atoms with E-state index in [1.165, 1.54) is 19.2 Å². The monoisotopic (exact) mass is 406 g/mol. The van der Waals surface area contributed by atoms with Gasteiger partial charge >= 0.3 is 5.97 Å². The van der Waals surface area contributed by atoms with E-state index in [0.717, 1.165) is 22.5 Å². The first-order valence-electron chi connectivity index (χ1n) is 9.45. The Morgan fingerprint density at radius 2 is 1.87 bits per heavy atom. The van der Waals surface area contributed by atoms with Crippen LogP contribution in [0.15, 0.2) is 60.7 Å². The van der Waals surface area contributed by atoms with E-state index in [-0.39, 0.29) is 30.1 Å². The first kappa shape index (κ1) is 19.6. The van der Waals surface area contributed by atoms with Gasteiger partial charge in [0, 0.05) is 18.4 Å². The number of carbonyl (C=O) groups is 3. The van der Waals surface area contributed by atoms with Gasteiger partial charge in [-0.25, -0.2) is 9.18 Å². The molecule has 1 atom stereocenters. The summed E-state index contributed by atoms with van der Waals surface area (Å²) in [4.78, 5) is 38.6. The highest BCUT2D eigenvalue weighted by molar-refractivity contribution is 6.08. The van der Waals surface area contributed by atoms with Gasteiger partial charge in [0.2, 0.25) is 11.8 Å². The van der Waals surface area contributed by atoms with Gasteiger partial charge in [-0.1, -0.05) is 36.4 Å². The smallest absolute Gasteiger partial charge is 0.337 e. The van der Waals surface area contributed by atoms with Crippen molar-refractivity contribution in [1.29, 1.82) is 0 Å². The molecule has 2 amide bonds. The fourth-order valence-corrected chi connectivity index (χ4v) is 3.66. The van der Waals surface area contributed by atoms with Gasteiger partial charge in [-0.05, 0) is 29.7 Å². The summed E-state index contributed by atoms with van der Waals surface area (Å²) in [7, 11) is 1.22. The van der Waals surface area contributed by atoms with Gasteiger partial charge in [-0.3, -0.25) is 9.59 Å². The third kappa shape index (κ3) is 3.61. The lowest BCUT2D eigenvalue weighted by atomic mass is 10.1. The van der Waals surface area contributed by atoms with Crippen LogP contribution in [0.2, 0.25) is 0 Å². The summed E-state index contributed by atoms with van der Waals surface area (Å²) in [6.07, 6.45) is 0.0212. The van der Waals surface area contributed by atoms with Crippen LogP contribution in [0.1, 0.15) is 16.8 Å². The van der Waals surface area contributed by atoms with E-state index in [0.29, 0.717) is 0 Å². The lowest BCUT2D eigenvalue weighted by Crippen LogP contribution is -2.28. The van der Waals surface area contributed by atoms with Crippen molar-refractivity contribution in [3.05, 3.63) is 72.0 Å². The molecule has 1 N–H and O–H groups in total. The van der Waals surface area contributed by atoms with Crippen molar-refractivity contribution in [2.45, 2.75) is 6.42 Å². The van der Waals surface area contributed by atoms with E-state index in [1.54, 1.807) is 4.90 Å². The fourth-order valence-electron chi connectivity index (χ4n) is 3.66. The minimum absolute atomic E-state index is 0.0212. The second-order valence-electron chi connectivity index (χ2n) is 7.08. The zero-order valence-electron chi connectivity index (χ0n) is 16.2. The standard InChI is InChI=1S/C23H19FN2O4/c1-30-23(29)15-9-10-18(24)19(11-15)25-22(28)16-12-21(27)26(13-16)20-8-4-6-14-5-2-3-7-17(14)20/h2-11,16H,12-13H2,1H3,(H,25,28). The highest BCUT2D eigenvalue weighted by Gasteiger charge is 2.36. The number of fused-ring (bicyclic) bond motifs is 1. The summed E-state index contributed by atoms with van der Waals surface area (Å²) in [5, 5.41) is 4.42. The number of benzene rings is 3. The van der Waals surface area contributed by atoms with Crippen LogP contribution in [0.3, 0.4) is 0 Å². The molecule has 0 aromatic heterocycles.